The first-order valence-electron chi connectivity index (χ1n) is 10.1. The van der Waals surface area contributed by atoms with Gasteiger partial charge in [-0.3, -0.25) is 4.99 Å². The summed E-state index contributed by atoms with van der Waals surface area (Å²) in [6.07, 6.45) is 14.5. The van der Waals surface area contributed by atoms with E-state index in [4.69, 9.17) is 0 Å². The highest BCUT2D eigenvalue weighted by molar-refractivity contribution is 5.61. The summed E-state index contributed by atoms with van der Waals surface area (Å²) < 4.78 is 0. The lowest BCUT2D eigenvalue weighted by Crippen LogP contribution is -2.45. The number of aliphatic imine (C=N–C) groups is 1. The van der Waals surface area contributed by atoms with Gasteiger partial charge >= 0.3 is 0 Å². The van der Waals surface area contributed by atoms with E-state index >= 15 is 0 Å². The van der Waals surface area contributed by atoms with Crippen molar-refractivity contribution >= 4 is 6.34 Å². The summed E-state index contributed by atoms with van der Waals surface area (Å²) in [4.78, 5) is 6.59. The molecule has 0 saturated carbocycles. The van der Waals surface area contributed by atoms with E-state index in [2.05, 4.69) is 95.7 Å². The van der Waals surface area contributed by atoms with Gasteiger partial charge in [0.2, 0.25) is 0 Å². The van der Waals surface area contributed by atoms with Gasteiger partial charge in [-0.2, -0.15) is 0 Å². The average Bonchev–Trinajstić information content (AvgIpc) is 2.78. The van der Waals surface area contributed by atoms with Crippen LogP contribution in [0.3, 0.4) is 0 Å². The Morgan fingerprint density at radius 2 is 1.32 bits per heavy atom. The summed E-state index contributed by atoms with van der Waals surface area (Å²) in [7, 11) is 1.82. The number of nitrogens with zero attached hydrogens (tertiary/aromatic N) is 2. The topological polar surface area (TPSA) is 15.6 Å². The van der Waals surface area contributed by atoms with Crippen molar-refractivity contribution in [2.75, 3.05) is 13.6 Å². The normalized spacial score (nSPS) is 12.0. The van der Waals surface area contributed by atoms with E-state index in [1.54, 1.807) is 0 Å². The maximum atomic E-state index is 4.32. The summed E-state index contributed by atoms with van der Waals surface area (Å²) in [5, 5.41) is 0. The molecule has 0 unspecified atom stereocenters. The van der Waals surface area contributed by atoms with Crippen LogP contribution < -0.4 is 0 Å². The van der Waals surface area contributed by atoms with Gasteiger partial charge in [0.1, 0.15) is 5.54 Å². The molecule has 2 aromatic carbocycles. The van der Waals surface area contributed by atoms with Gasteiger partial charge in [0, 0.05) is 13.6 Å². The predicted octanol–water partition coefficient (Wildman–Crippen LogP) is 6.62. The Morgan fingerprint density at radius 3 is 1.75 bits per heavy atom. The number of hydrogen-bond acceptors (Lipinski definition) is 1. The second-order valence-corrected chi connectivity index (χ2v) is 5.93. The van der Waals surface area contributed by atoms with E-state index in [-0.39, 0.29) is 0 Å². The zero-order valence-corrected chi connectivity index (χ0v) is 17.9. The van der Waals surface area contributed by atoms with Gasteiger partial charge in [0.25, 0.3) is 0 Å². The van der Waals surface area contributed by atoms with E-state index in [1.165, 1.54) is 11.1 Å². The van der Waals surface area contributed by atoms with E-state index in [9.17, 15) is 0 Å². The van der Waals surface area contributed by atoms with Gasteiger partial charge < -0.3 is 4.90 Å². The van der Waals surface area contributed by atoms with Crippen LogP contribution in [0.25, 0.3) is 0 Å². The van der Waals surface area contributed by atoms with Gasteiger partial charge in [0.15, 0.2) is 0 Å². The van der Waals surface area contributed by atoms with Gasteiger partial charge in [0.05, 0.1) is 6.34 Å². The molecule has 0 aliphatic carbocycles. The Kier molecular flexibility index (Phi) is 11.0. The third-order valence-corrected chi connectivity index (χ3v) is 4.34. The average molecular weight is 375 g/mol. The molecule has 2 aromatic rings. The smallest absolute Gasteiger partial charge is 0.110 e. The molecule has 0 amide bonds. The van der Waals surface area contributed by atoms with E-state index in [0.717, 1.165) is 6.54 Å². The van der Waals surface area contributed by atoms with Crippen molar-refractivity contribution in [2.45, 2.75) is 33.2 Å². The Labute approximate surface area is 171 Å². The quantitative estimate of drug-likeness (QED) is 0.288. The van der Waals surface area contributed by atoms with Gasteiger partial charge in [-0.1, -0.05) is 105 Å². The zero-order chi connectivity index (χ0) is 20.7. The molecule has 0 aromatic heterocycles. The maximum Gasteiger partial charge on any atom is 0.110 e. The molecule has 0 N–H and O–H groups in total. The van der Waals surface area contributed by atoms with Crippen LogP contribution in [-0.4, -0.2) is 24.8 Å². The number of hydrogen-bond donors (Lipinski definition) is 0. The summed E-state index contributed by atoms with van der Waals surface area (Å²) in [5.41, 5.74) is 2.00. The molecule has 0 aliphatic heterocycles. The molecular weight excluding hydrogens is 340 g/mol. The van der Waals surface area contributed by atoms with Gasteiger partial charge in [-0.15, -0.1) is 0 Å². The van der Waals surface area contributed by atoms with Crippen LogP contribution in [0.1, 0.15) is 38.8 Å². The molecule has 148 valence electrons. The van der Waals surface area contributed by atoms with E-state index in [1.807, 2.05) is 52.4 Å². The lowest BCUT2D eigenvalue weighted by Gasteiger charge is -2.41. The highest BCUT2D eigenvalue weighted by Gasteiger charge is 2.36. The summed E-state index contributed by atoms with van der Waals surface area (Å²) in [5.74, 6) is 0. The van der Waals surface area contributed by atoms with Crippen LogP contribution in [0.4, 0.5) is 0 Å². The molecule has 0 atom stereocenters. The molecule has 0 aliphatic rings. The fourth-order valence-corrected chi connectivity index (χ4v) is 3.17. The minimum Gasteiger partial charge on any atom is -0.346 e. The fraction of sp³-hybridized carbons (Fsp3) is 0.269. The minimum atomic E-state index is -0.420. The third-order valence-electron chi connectivity index (χ3n) is 4.34. The summed E-state index contributed by atoms with van der Waals surface area (Å²) in [6, 6.07) is 21.2. The molecule has 0 bridgehead atoms. The van der Waals surface area contributed by atoms with Crippen molar-refractivity contribution in [1.82, 2.24) is 4.90 Å². The lowest BCUT2D eigenvalue weighted by atomic mass is 9.80. The lowest BCUT2D eigenvalue weighted by molar-refractivity contribution is 0.297. The maximum absolute atomic E-state index is 4.32. The Bertz CT molecular complexity index is 716. The summed E-state index contributed by atoms with van der Waals surface area (Å²) >= 11 is 0. The van der Waals surface area contributed by atoms with Gasteiger partial charge in [-0.05, 0) is 31.1 Å². The Balaban J connectivity index is 0.00000190. The first kappa shape index (κ1) is 23.2. The first-order chi connectivity index (χ1) is 13.8. The van der Waals surface area contributed by atoms with Crippen LogP contribution in [0.15, 0.2) is 102 Å². The standard InChI is InChI=1S/C24H28N2.C2H6/c1-4-6-7-8-15-20-24(26(5-2)21-25-3,22-16-11-9-12-17-22)23-18-13-10-14-19-23;1-2/h4,6-21H,5H2,1-3H3;1-2H3/b6-4-,8-7-,20-15+,25-21?;. The van der Waals surface area contributed by atoms with Crippen LogP contribution in [0, 0.1) is 0 Å². The molecule has 2 nitrogen and oxygen atoms in total. The SMILES string of the molecule is CC.C\C=C/C=C\C=C\C(c1ccccc1)(c1ccccc1)N(C=NC)CC. The molecule has 0 heterocycles. The first-order valence-corrected chi connectivity index (χ1v) is 10.1. The van der Waals surface area contributed by atoms with E-state index < -0.39 is 5.54 Å². The molecule has 0 spiro atoms. The largest absolute Gasteiger partial charge is 0.346 e. The van der Waals surface area contributed by atoms with Crippen LogP contribution in [0.2, 0.25) is 0 Å². The fourth-order valence-electron chi connectivity index (χ4n) is 3.17. The van der Waals surface area contributed by atoms with E-state index in [0.29, 0.717) is 0 Å². The van der Waals surface area contributed by atoms with Crippen molar-refractivity contribution in [3.8, 4) is 0 Å². The molecule has 2 heteroatoms. The number of rotatable bonds is 8. The second kappa shape index (κ2) is 13.3. The highest BCUT2D eigenvalue weighted by atomic mass is 15.2. The number of benzene rings is 2. The predicted molar refractivity (Wildman–Crippen MR) is 125 cm³/mol. The highest BCUT2D eigenvalue weighted by Crippen LogP contribution is 2.37. The Hall–Kier alpha value is -2.87. The second-order valence-electron chi connectivity index (χ2n) is 5.93. The third kappa shape index (κ3) is 5.82. The Morgan fingerprint density at radius 1 is 0.821 bits per heavy atom. The zero-order valence-electron chi connectivity index (χ0n) is 17.9. The number of likely N-dealkylation sites (N-methyl/N-ethyl adjacent to an activating group) is 1. The van der Waals surface area contributed by atoms with Crippen molar-refractivity contribution in [1.29, 1.82) is 0 Å². The van der Waals surface area contributed by atoms with Crippen molar-refractivity contribution < 1.29 is 0 Å². The van der Waals surface area contributed by atoms with Crippen LogP contribution in [-0.2, 0) is 5.54 Å². The van der Waals surface area contributed by atoms with Crippen LogP contribution in [0.5, 0.6) is 0 Å². The monoisotopic (exact) mass is 374 g/mol. The molecule has 2 rings (SSSR count). The summed E-state index contributed by atoms with van der Waals surface area (Å²) in [6.45, 7) is 9.01. The molecule has 0 radical (unpaired) electrons. The molecule has 0 saturated heterocycles. The van der Waals surface area contributed by atoms with Crippen molar-refractivity contribution in [3.05, 3.63) is 108 Å². The van der Waals surface area contributed by atoms with Crippen molar-refractivity contribution in [3.63, 3.8) is 0 Å². The molecule has 0 fully saturated rings. The number of allylic oxidation sites excluding steroid dienone is 5. The minimum absolute atomic E-state index is 0.420. The van der Waals surface area contributed by atoms with Crippen molar-refractivity contribution in [2.24, 2.45) is 4.99 Å². The van der Waals surface area contributed by atoms with Crippen LogP contribution >= 0.6 is 0 Å². The molecular formula is C26H34N2. The molecule has 28 heavy (non-hydrogen) atoms. The van der Waals surface area contributed by atoms with Gasteiger partial charge in [-0.25, -0.2) is 0 Å².